The highest BCUT2D eigenvalue weighted by Crippen LogP contribution is 2.29. The lowest BCUT2D eigenvalue weighted by atomic mass is 10.2. The van der Waals surface area contributed by atoms with Crippen LogP contribution in [0.2, 0.25) is 0 Å². The lowest BCUT2D eigenvalue weighted by Crippen LogP contribution is -2.19. The van der Waals surface area contributed by atoms with Gasteiger partial charge in [-0.1, -0.05) is 23.9 Å². The van der Waals surface area contributed by atoms with Gasteiger partial charge in [-0.15, -0.1) is 11.3 Å². The van der Waals surface area contributed by atoms with E-state index in [2.05, 4.69) is 60.7 Å². The number of phenols is 1. The molecule has 2 N–H and O–H groups in total. The summed E-state index contributed by atoms with van der Waals surface area (Å²) in [4.78, 5) is 16.4. The predicted octanol–water partition coefficient (Wildman–Crippen LogP) is 4.45. The first kappa shape index (κ1) is 18.9. The second-order valence-electron chi connectivity index (χ2n) is 4.85. The second kappa shape index (κ2) is 8.64. The molecule has 1 aromatic heterocycles. The molecule has 1 amide bonds. The Kier molecular flexibility index (Phi) is 6.52. The predicted molar refractivity (Wildman–Crippen MR) is 120 cm³/mol. The topological polar surface area (TPSA) is 74.6 Å². The summed E-state index contributed by atoms with van der Waals surface area (Å²) in [6.45, 7) is 0. The first-order valence-electron chi connectivity index (χ1n) is 7.01. The number of thioether (sulfide) groups is 1. The molecule has 1 heterocycles. The van der Waals surface area contributed by atoms with Crippen LogP contribution in [0.15, 0.2) is 45.8 Å². The van der Waals surface area contributed by atoms with Crippen LogP contribution in [0.5, 0.6) is 5.75 Å². The first-order chi connectivity index (χ1) is 12.0. The molecule has 128 valence electrons. The summed E-state index contributed by atoms with van der Waals surface area (Å²) in [5, 5.41) is 13.9. The number of nitrogens with one attached hydrogen (secondary N) is 1. The minimum Gasteiger partial charge on any atom is -0.506 e. The molecular weight excluding hydrogens is 584 g/mol. The number of hydrogen-bond acceptors (Lipinski definition) is 6. The maximum absolute atomic E-state index is 11.9. The molecule has 0 aliphatic heterocycles. The number of aromatic nitrogens is 1. The molecule has 3 aromatic rings. The molecule has 0 radical (unpaired) electrons. The Bertz CT molecular complexity index is 927. The molecule has 0 spiro atoms. The SMILES string of the molecule is O=C(CSc1nc2ccccc2s1)N/N=C/c1cc(I)cc(I)c1O. The number of halogens is 2. The Morgan fingerprint density at radius 3 is 2.96 bits per heavy atom. The fraction of sp³-hybridized carbons (Fsp3) is 0.0625. The number of benzene rings is 2. The zero-order valence-electron chi connectivity index (χ0n) is 12.6. The van der Waals surface area contributed by atoms with E-state index >= 15 is 0 Å². The Hall–Kier alpha value is -0.920. The van der Waals surface area contributed by atoms with Crippen LogP contribution in [0.1, 0.15) is 5.56 Å². The van der Waals surface area contributed by atoms with Gasteiger partial charge >= 0.3 is 0 Å². The van der Waals surface area contributed by atoms with Gasteiger partial charge in [-0.05, 0) is 69.4 Å². The van der Waals surface area contributed by atoms with E-state index in [1.165, 1.54) is 18.0 Å². The highest BCUT2D eigenvalue weighted by molar-refractivity contribution is 14.1. The zero-order chi connectivity index (χ0) is 17.8. The number of hydrazone groups is 1. The molecule has 0 saturated heterocycles. The van der Waals surface area contributed by atoms with Gasteiger partial charge in [-0.25, -0.2) is 10.4 Å². The molecule has 9 heteroatoms. The maximum atomic E-state index is 11.9. The van der Waals surface area contributed by atoms with Gasteiger partial charge in [0.05, 0.1) is 25.8 Å². The van der Waals surface area contributed by atoms with E-state index in [0.29, 0.717) is 5.56 Å². The highest BCUT2D eigenvalue weighted by Gasteiger charge is 2.08. The lowest BCUT2D eigenvalue weighted by Gasteiger charge is -2.03. The first-order valence-corrected chi connectivity index (χ1v) is 11.0. The Morgan fingerprint density at radius 2 is 2.16 bits per heavy atom. The van der Waals surface area contributed by atoms with E-state index in [1.807, 2.05) is 30.3 Å². The molecule has 2 aromatic carbocycles. The minimum absolute atomic E-state index is 0.155. The van der Waals surface area contributed by atoms with Gasteiger partial charge < -0.3 is 5.11 Å². The maximum Gasteiger partial charge on any atom is 0.250 e. The summed E-state index contributed by atoms with van der Waals surface area (Å²) >= 11 is 7.16. The number of rotatable bonds is 5. The van der Waals surface area contributed by atoms with Crippen LogP contribution in [-0.4, -0.2) is 28.0 Å². The monoisotopic (exact) mass is 595 g/mol. The molecule has 3 rings (SSSR count). The zero-order valence-corrected chi connectivity index (χ0v) is 18.5. The molecule has 0 unspecified atom stereocenters. The average molecular weight is 595 g/mol. The number of carbonyl (C=O) groups is 1. The van der Waals surface area contributed by atoms with Crippen molar-refractivity contribution in [3.05, 3.63) is 49.1 Å². The van der Waals surface area contributed by atoms with Crippen molar-refractivity contribution >= 4 is 90.6 Å². The molecule has 0 saturated carbocycles. The van der Waals surface area contributed by atoms with Crippen LogP contribution in [0, 0.1) is 7.14 Å². The van der Waals surface area contributed by atoms with Crippen molar-refractivity contribution in [1.29, 1.82) is 0 Å². The van der Waals surface area contributed by atoms with Crippen LogP contribution in [0.3, 0.4) is 0 Å². The van der Waals surface area contributed by atoms with Gasteiger partial charge in [-0.3, -0.25) is 4.79 Å². The average Bonchev–Trinajstić information content (AvgIpc) is 3.00. The van der Waals surface area contributed by atoms with Crippen LogP contribution >= 0.6 is 68.3 Å². The summed E-state index contributed by atoms with van der Waals surface area (Å²) in [6.07, 6.45) is 1.44. The fourth-order valence-corrected chi connectivity index (χ4v) is 5.68. The largest absolute Gasteiger partial charge is 0.506 e. The Labute approximate surface area is 179 Å². The van der Waals surface area contributed by atoms with E-state index in [-0.39, 0.29) is 17.4 Å². The number of amides is 1. The van der Waals surface area contributed by atoms with E-state index in [9.17, 15) is 9.90 Å². The molecule has 25 heavy (non-hydrogen) atoms. The summed E-state index contributed by atoms with van der Waals surface area (Å²) in [6, 6.07) is 11.5. The summed E-state index contributed by atoms with van der Waals surface area (Å²) in [7, 11) is 0. The smallest absolute Gasteiger partial charge is 0.250 e. The van der Waals surface area contributed by atoms with Gasteiger partial charge in [0.15, 0.2) is 4.34 Å². The third-order valence-electron chi connectivity index (χ3n) is 3.05. The molecule has 0 bridgehead atoms. The van der Waals surface area contributed by atoms with E-state index < -0.39 is 0 Å². The number of hydrogen-bond donors (Lipinski definition) is 2. The van der Waals surface area contributed by atoms with Crippen LogP contribution in [0.4, 0.5) is 0 Å². The van der Waals surface area contributed by atoms with E-state index in [1.54, 1.807) is 17.4 Å². The molecular formula is C16H11I2N3O2S2. The number of nitrogens with zero attached hydrogens (tertiary/aromatic N) is 2. The molecule has 0 aliphatic rings. The molecule has 0 atom stereocenters. The van der Waals surface area contributed by atoms with Crippen molar-refractivity contribution < 1.29 is 9.90 Å². The van der Waals surface area contributed by atoms with E-state index in [0.717, 1.165) is 21.7 Å². The summed E-state index contributed by atoms with van der Waals surface area (Å²) in [5.41, 5.74) is 3.98. The van der Waals surface area contributed by atoms with Crippen molar-refractivity contribution in [3.8, 4) is 5.75 Å². The van der Waals surface area contributed by atoms with Gasteiger partial charge in [0.1, 0.15) is 5.75 Å². The standard InChI is InChI=1S/C16H11I2N3O2S2/c17-10-5-9(15(23)11(18)6-10)7-19-21-14(22)8-24-16-20-12-3-1-2-4-13(12)25-16/h1-7,23H,8H2,(H,21,22)/b19-7+. The van der Waals surface area contributed by atoms with Crippen molar-refractivity contribution in [2.45, 2.75) is 4.34 Å². The molecule has 0 aliphatic carbocycles. The number of para-hydroxylation sites is 1. The normalized spacial score (nSPS) is 11.3. The highest BCUT2D eigenvalue weighted by atomic mass is 127. The van der Waals surface area contributed by atoms with Crippen molar-refractivity contribution in [2.24, 2.45) is 5.10 Å². The van der Waals surface area contributed by atoms with Crippen LogP contribution < -0.4 is 5.43 Å². The molecule has 5 nitrogen and oxygen atoms in total. The van der Waals surface area contributed by atoms with E-state index in [4.69, 9.17) is 0 Å². The lowest BCUT2D eigenvalue weighted by molar-refractivity contribution is -0.118. The Morgan fingerprint density at radius 1 is 1.36 bits per heavy atom. The number of phenolic OH excluding ortho intramolecular Hbond substituents is 1. The van der Waals surface area contributed by atoms with Gasteiger partial charge in [-0.2, -0.15) is 5.10 Å². The number of carbonyl (C=O) groups excluding carboxylic acids is 1. The quantitative estimate of drug-likeness (QED) is 0.198. The van der Waals surface area contributed by atoms with Crippen molar-refractivity contribution in [2.75, 3.05) is 5.75 Å². The van der Waals surface area contributed by atoms with Gasteiger partial charge in [0.2, 0.25) is 0 Å². The minimum atomic E-state index is -0.222. The molecule has 0 fully saturated rings. The fourth-order valence-electron chi connectivity index (χ4n) is 1.93. The third kappa shape index (κ3) is 5.05. The van der Waals surface area contributed by atoms with Crippen LogP contribution in [0.25, 0.3) is 10.2 Å². The van der Waals surface area contributed by atoms with Crippen molar-refractivity contribution in [1.82, 2.24) is 10.4 Å². The Balaban J connectivity index is 1.56. The van der Waals surface area contributed by atoms with Crippen molar-refractivity contribution in [3.63, 3.8) is 0 Å². The van der Waals surface area contributed by atoms with Gasteiger partial charge in [0.25, 0.3) is 5.91 Å². The number of thiazole rings is 1. The van der Waals surface area contributed by atoms with Gasteiger partial charge in [0, 0.05) is 9.13 Å². The third-order valence-corrected chi connectivity index (χ3v) is 6.68. The number of aromatic hydroxyl groups is 1. The summed E-state index contributed by atoms with van der Waals surface area (Å²) < 4.78 is 3.68. The summed E-state index contributed by atoms with van der Waals surface area (Å²) in [5.74, 6) is 0.163. The number of fused-ring (bicyclic) bond motifs is 1. The second-order valence-corrected chi connectivity index (χ2v) is 9.52. The van der Waals surface area contributed by atoms with Crippen LogP contribution in [-0.2, 0) is 4.79 Å².